The average molecular weight is 405 g/mol. The Labute approximate surface area is 167 Å². The molecule has 1 atom stereocenters. The molecule has 8 nitrogen and oxygen atoms in total. The minimum atomic E-state index is -1.07. The van der Waals surface area contributed by atoms with E-state index in [0.29, 0.717) is 11.5 Å². The van der Waals surface area contributed by atoms with Crippen LogP contribution in [0.2, 0.25) is 0 Å². The summed E-state index contributed by atoms with van der Waals surface area (Å²) in [6, 6.07) is 8.64. The average Bonchev–Trinajstić information content (AvgIpc) is 2.99. The van der Waals surface area contributed by atoms with Gasteiger partial charge in [-0.2, -0.15) is 0 Å². The van der Waals surface area contributed by atoms with E-state index in [1.165, 1.54) is 18.7 Å². The molecule has 9 heteroatoms. The lowest BCUT2D eigenvalue weighted by Gasteiger charge is -2.13. The van der Waals surface area contributed by atoms with Gasteiger partial charge in [-0.05, 0) is 26.3 Å². The number of ether oxygens (including phenoxy) is 1. The Bertz CT molecular complexity index is 803. The number of benzene rings is 1. The fourth-order valence-electron chi connectivity index (χ4n) is 2.27. The molecular formula is C19H23N3O5S. The second-order valence-electron chi connectivity index (χ2n) is 6.09. The minimum Gasteiger partial charge on any atom is -0.452 e. The molecule has 1 heterocycles. The summed E-state index contributed by atoms with van der Waals surface area (Å²) >= 11 is 1.34. The van der Waals surface area contributed by atoms with Crippen LogP contribution in [0.15, 0.2) is 34.9 Å². The highest BCUT2D eigenvalue weighted by atomic mass is 32.2. The van der Waals surface area contributed by atoms with E-state index in [-0.39, 0.29) is 12.3 Å². The molecule has 2 aromatic rings. The first-order chi connectivity index (χ1) is 13.4. The molecule has 28 heavy (non-hydrogen) atoms. The highest BCUT2D eigenvalue weighted by molar-refractivity contribution is 7.99. The normalized spacial score (nSPS) is 11.5. The Morgan fingerprint density at radius 2 is 1.93 bits per heavy atom. The first-order valence-corrected chi connectivity index (χ1v) is 9.84. The van der Waals surface area contributed by atoms with E-state index in [2.05, 4.69) is 15.8 Å². The molecule has 1 unspecified atom stereocenters. The summed E-state index contributed by atoms with van der Waals surface area (Å²) in [5.74, 6) is 0.118. The molecule has 2 rings (SSSR count). The zero-order valence-corrected chi connectivity index (χ0v) is 16.8. The van der Waals surface area contributed by atoms with Crippen molar-refractivity contribution in [2.24, 2.45) is 0 Å². The van der Waals surface area contributed by atoms with Crippen LogP contribution in [0.4, 0.5) is 4.79 Å². The zero-order valence-electron chi connectivity index (χ0n) is 16.0. The molecule has 0 spiro atoms. The highest BCUT2D eigenvalue weighted by Gasteiger charge is 2.20. The van der Waals surface area contributed by atoms with E-state index in [1.54, 1.807) is 0 Å². The van der Waals surface area contributed by atoms with Crippen LogP contribution in [0.1, 0.15) is 29.5 Å². The number of aryl methyl sites for hydroxylation is 2. The second-order valence-corrected chi connectivity index (χ2v) is 7.07. The van der Waals surface area contributed by atoms with Gasteiger partial charge in [0.25, 0.3) is 5.91 Å². The smallest absolute Gasteiger partial charge is 0.321 e. The van der Waals surface area contributed by atoms with Crippen LogP contribution < -0.4 is 10.6 Å². The molecule has 0 aliphatic carbocycles. The third-order valence-electron chi connectivity index (χ3n) is 3.86. The predicted octanol–water partition coefficient (Wildman–Crippen LogP) is 2.48. The first kappa shape index (κ1) is 21.5. The van der Waals surface area contributed by atoms with Crippen molar-refractivity contribution in [1.29, 1.82) is 0 Å². The Balaban J connectivity index is 1.67. The quantitative estimate of drug-likeness (QED) is 0.649. The molecule has 0 fully saturated rings. The fraction of sp³-hybridized carbons (Fsp3) is 0.368. The number of urea groups is 1. The van der Waals surface area contributed by atoms with Gasteiger partial charge < -0.3 is 14.6 Å². The predicted molar refractivity (Wildman–Crippen MR) is 105 cm³/mol. The summed E-state index contributed by atoms with van der Waals surface area (Å²) in [5, 5.41) is 8.58. The van der Waals surface area contributed by atoms with Gasteiger partial charge >= 0.3 is 12.0 Å². The topological polar surface area (TPSA) is 111 Å². The standard InChI is InChI=1S/C19H23N3O5S/c1-12-16(13(2)27-22-12)10-28-11-17(23)26-14(3)18(24)21-19(25)20-9-15-7-5-4-6-8-15/h4-8,14H,9-11H2,1-3H3,(H2,20,21,24,25). The largest absolute Gasteiger partial charge is 0.452 e. The van der Waals surface area contributed by atoms with E-state index in [4.69, 9.17) is 9.26 Å². The summed E-state index contributed by atoms with van der Waals surface area (Å²) in [4.78, 5) is 35.6. The maximum absolute atomic E-state index is 12.0. The summed E-state index contributed by atoms with van der Waals surface area (Å²) in [7, 11) is 0. The highest BCUT2D eigenvalue weighted by Crippen LogP contribution is 2.19. The lowest BCUT2D eigenvalue weighted by molar-refractivity contribution is -0.151. The van der Waals surface area contributed by atoms with Crippen LogP contribution in [-0.4, -0.2) is 34.9 Å². The number of carbonyl (C=O) groups excluding carboxylic acids is 3. The molecule has 0 saturated heterocycles. The molecule has 0 aliphatic heterocycles. The number of nitrogens with one attached hydrogen (secondary N) is 2. The molecule has 1 aromatic heterocycles. The maximum atomic E-state index is 12.0. The van der Waals surface area contributed by atoms with E-state index in [1.807, 2.05) is 44.2 Å². The van der Waals surface area contributed by atoms with Crippen molar-refractivity contribution >= 4 is 29.7 Å². The number of amides is 3. The summed E-state index contributed by atoms with van der Waals surface area (Å²) < 4.78 is 10.1. The number of nitrogens with zero attached hydrogens (tertiary/aromatic N) is 1. The molecule has 3 amide bonds. The summed E-state index contributed by atoms with van der Waals surface area (Å²) in [6.45, 7) is 5.34. The molecular weight excluding hydrogens is 382 g/mol. The molecule has 1 aromatic carbocycles. The van der Waals surface area contributed by atoms with Crippen molar-refractivity contribution in [3.05, 3.63) is 52.9 Å². The van der Waals surface area contributed by atoms with E-state index in [0.717, 1.165) is 16.8 Å². The van der Waals surface area contributed by atoms with Crippen molar-refractivity contribution in [1.82, 2.24) is 15.8 Å². The number of carbonyl (C=O) groups is 3. The van der Waals surface area contributed by atoms with Crippen LogP contribution in [-0.2, 0) is 26.6 Å². The number of hydrogen-bond acceptors (Lipinski definition) is 7. The van der Waals surface area contributed by atoms with Crippen LogP contribution in [0.25, 0.3) is 0 Å². The third-order valence-corrected chi connectivity index (χ3v) is 4.79. The Morgan fingerprint density at radius 1 is 1.21 bits per heavy atom. The monoisotopic (exact) mass is 405 g/mol. The van der Waals surface area contributed by atoms with Crippen molar-refractivity contribution in [2.75, 3.05) is 5.75 Å². The van der Waals surface area contributed by atoms with Crippen molar-refractivity contribution in [2.45, 2.75) is 39.2 Å². The maximum Gasteiger partial charge on any atom is 0.321 e. The van der Waals surface area contributed by atoms with Gasteiger partial charge in [0.2, 0.25) is 0 Å². The van der Waals surface area contributed by atoms with Crippen molar-refractivity contribution < 1.29 is 23.6 Å². The second kappa shape index (κ2) is 10.5. The van der Waals surface area contributed by atoms with Crippen molar-refractivity contribution in [3.63, 3.8) is 0 Å². The number of imide groups is 1. The summed E-state index contributed by atoms with van der Waals surface area (Å²) in [6.07, 6.45) is -1.07. The van der Waals surface area contributed by atoms with Crippen LogP contribution in [0.3, 0.4) is 0 Å². The fourth-order valence-corrected chi connectivity index (χ4v) is 3.22. The number of aromatic nitrogens is 1. The van der Waals surface area contributed by atoms with E-state index >= 15 is 0 Å². The van der Waals surface area contributed by atoms with Gasteiger partial charge in [-0.25, -0.2) is 4.79 Å². The van der Waals surface area contributed by atoms with Gasteiger partial charge in [0.1, 0.15) is 5.76 Å². The molecule has 0 aliphatic rings. The number of rotatable bonds is 8. The SMILES string of the molecule is Cc1noc(C)c1CSCC(=O)OC(C)C(=O)NC(=O)NCc1ccccc1. The van der Waals surface area contributed by atoms with Gasteiger partial charge in [-0.1, -0.05) is 35.5 Å². The third kappa shape index (κ3) is 6.73. The molecule has 0 bridgehead atoms. The molecule has 0 saturated carbocycles. The summed E-state index contributed by atoms with van der Waals surface area (Å²) in [5.41, 5.74) is 2.63. The Morgan fingerprint density at radius 3 is 2.57 bits per heavy atom. The molecule has 2 N–H and O–H groups in total. The lowest BCUT2D eigenvalue weighted by atomic mass is 10.2. The van der Waals surface area contributed by atoms with Gasteiger partial charge in [0, 0.05) is 17.9 Å². The van der Waals surface area contributed by atoms with Gasteiger partial charge in [-0.15, -0.1) is 11.8 Å². The van der Waals surface area contributed by atoms with Crippen LogP contribution >= 0.6 is 11.8 Å². The van der Waals surface area contributed by atoms with Crippen molar-refractivity contribution in [3.8, 4) is 0 Å². The lowest BCUT2D eigenvalue weighted by Crippen LogP contribution is -2.44. The molecule has 0 radical (unpaired) electrons. The molecule has 150 valence electrons. The van der Waals surface area contributed by atoms with E-state index in [9.17, 15) is 14.4 Å². The van der Waals surface area contributed by atoms with E-state index < -0.39 is 24.0 Å². The number of hydrogen-bond donors (Lipinski definition) is 2. The Hall–Kier alpha value is -2.81. The van der Waals surface area contributed by atoms with Crippen LogP contribution in [0, 0.1) is 13.8 Å². The van der Waals surface area contributed by atoms with Gasteiger partial charge in [0.15, 0.2) is 6.10 Å². The number of esters is 1. The van der Waals surface area contributed by atoms with Crippen LogP contribution in [0.5, 0.6) is 0 Å². The van der Waals surface area contributed by atoms with Gasteiger partial charge in [0.05, 0.1) is 11.4 Å². The number of thioether (sulfide) groups is 1. The minimum absolute atomic E-state index is 0.0713. The first-order valence-electron chi connectivity index (χ1n) is 8.68. The zero-order chi connectivity index (χ0) is 20.5. The Kier molecular flexibility index (Phi) is 8.06. The van der Waals surface area contributed by atoms with Gasteiger partial charge in [-0.3, -0.25) is 14.9 Å².